The third kappa shape index (κ3) is 3.56. The predicted octanol–water partition coefficient (Wildman–Crippen LogP) is 5.30. The molecule has 1 unspecified atom stereocenters. The highest BCUT2D eigenvalue weighted by atomic mass is 32.1. The van der Waals surface area contributed by atoms with Gasteiger partial charge in [0.25, 0.3) is 0 Å². The summed E-state index contributed by atoms with van der Waals surface area (Å²) in [5.74, 6) is 0.801. The number of hydrogen-bond acceptors (Lipinski definition) is 2. The molecule has 0 spiro atoms. The summed E-state index contributed by atoms with van der Waals surface area (Å²) < 4.78 is 0. The standard InChI is InChI=1S/C19H25NS/c1-2-11-20-19(13-15-10-12-21-14-15)18-9-4-3-8-17(18)16-6-5-7-16/h3-4,8-10,12,14,16,19-20H,2,5-7,11,13H2,1H3. The molecule has 3 rings (SSSR count). The van der Waals surface area contributed by atoms with Crippen molar-refractivity contribution in [1.29, 1.82) is 0 Å². The third-order valence-electron chi connectivity index (χ3n) is 4.58. The maximum absolute atomic E-state index is 3.77. The second kappa shape index (κ2) is 7.24. The fraction of sp³-hybridized carbons (Fsp3) is 0.474. The van der Waals surface area contributed by atoms with Crippen LogP contribution < -0.4 is 5.32 Å². The lowest BCUT2D eigenvalue weighted by Gasteiger charge is -2.31. The number of hydrogen-bond donors (Lipinski definition) is 1. The van der Waals surface area contributed by atoms with Gasteiger partial charge in [0.05, 0.1) is 0 Å². The van der Waals surface area contributed by atoms with Crippen LogP contribution in [0.5, 0.6) is 0 Å². The van der Waals surface area contributed by atoms with Crippen LogP contribution in [0.15, 0.2) is 41.1 Å². The predicted molar refractivity (Wildman–Crippen MR) is 92.1 cm³/mol. The van der Waals surface area contributed by atoms with Crippen LogP contribution in [0.2, 0.25) is 0 Å². The maximum atomic E-state index is 3.77. The molecule has 112 valence electrons. The van der Waals surface area contributed by atoms with Crippen molar-refractivity contribution in [2.24, 2.45) is 0 Å². The molecule has 2 heteroatoms. The Morgan fingerprint density at radius 2 is 2.10 bits per heavy atom. The van der Waals surface area contributed by atoms with Crippen molar-refractivity contribution < 1.29 is 0 Å². The number of benzene rings is 1. The zero-order valence-electron chi connectivity index (χ0n) is 12.8. The summed E-state index contributed by atoms with van der Waals surface area (Å²) in [6.07, 6.45) is 6.43. The first-order valence-corrected chi connectivity index (χ1v) is 9.16. The molecule has 1 nitrogen and oxygen atoms in total. The van der Waals surface area contributed by atoms with Crippen LogP contribution in [0.25, 0.3) is 0 Å². The van der Waals surface area contributed by atoms with Crippen molar-refractivity contribution >= 4 is 11.3 Å². The van der Waals surface area contributed by atoms with E-state index in [-0.39, 0.29) is 0 Å². The van der Waals surface area contributed by atoms with Crippen LogP contribution in [0, 0.1) is 0 Å². The maximum Gasteiger partial charge on any atom is 0.0363 e. The molecular weight excluding hydrogens is 274 g/mol. The summed E-state index contributed by atoms with van der Waals surface area (Å²) in [5, 5.41) is 8.24. The van der Waals surface area contributed by atoms with Crippen LogP contribution in [-0.2, 0) is 6.42 Å². The molecule has 1 heterocycles. The number of thiophene rings is 1. The fourth-order valence-corrected chi connectivity index (χ4v) is 3.86. The Morgan fingerprint density at radius 3 is 2.76 bits per heavy atom. The van der Waals surface area contributed by atoms with Crippen LogP contribution in [0.1, 0.15) is 61.3 Å². The molecule has 1 saturated carbocycles. The molecule has 0 aliphatic heterocycles. The zero-order chi connectivity index (χ0) is 14.5. The van der Waals surface area contributed by atoms with Crippen LogP contribution in [-0.4, -0.2) is 6.54 Å². The number of nitrogens with one attached hydrogen (secondary N) is 1. The van der Waals surface area contributed by atoms with Crippen LogP contribution in [0.3, 0.4) is 0 Å². The summed E-state index contributed by atoms with van der Waals surface area (Å²) in [6.45, 7) is 3.33. The van der Waals surface area contributed by atoms with E-state index in [0.717, 1.165) is 18.9 Å². The van der Waals surface area contributed by atoms with E-state index < -0.39 is 0 Å². The van der Waals surface area contributed by atoms with Gasteiger partial charge in [0.1, 0.15) is 0 Å². The van der Waals surface area contributed by atoms with Gasteiger partial charge in [0.15, 0.2) is 0 Å². The first-order chi connectivity index (χ1) is 10.4. The first-order valence-electron chi connectivity index (χ1n) is 8.21. The van der Waals surface area contributed by atoms with E-state index in [1.807, 2.05) is 0 Å². The lowest BCUT2D eigenvalue weighted by Crippen LogP contribution is -2.26. The quantitative estimate of drug-likeness (QED) is 0.731. The zero-order valence-corrected chi connectivity index (χ0v) is 13.7. The molecule has 0 amide bonds. The van der Waals surface area contributed by atoms with Gasteiger partial charge < -0.3 is 5.32 Å². The van der Waals surface area contributed by atoms with Gasteiger partial charge in [-0.15, -0.1) is 0 Å². The summed E-state index contributed by atoms with van der Waals surface area (Å²) in [5.41, 5.74) is 4.58. The fourth-order valence-electron chi connectivity index (χ4n) is 3.17. The van der Waals surface area contributed by atoms with Crippen molar-refractivity contribution in [3.63, 3.8) is 0 Å². The second-order valence-corrected chi connectivity index (χ2v) is 6.88. The lowest BCUT2D eigenvalue weighted by molar-refractivity contribution is 0.410. The van der Waals surface area contributed by atoms with Gasteiger partial charge in [-0.25, -0.2) is 0 Å². The van der Waals surface area contributed by atoms with E-state index in [1.165, 1.54) is 36.8 Å². The Kier molecular flexibility index (Phi) is 5.10. The third-order valence-corrected chi connectivity index (χ3v) is 5.31. The summed E-state index contributed by atoms with van der Waals surface area (Å²) in [7, 11) is 0. The smallest absolute Gasteiger partial charge is 0.0363 e. The Morgan fingerprint density at radius 1 is 1.24 bits per heavy atom. The average molecular weight is 299 g/mol. The SMILES string of the molecule is CCCNC(Cc1ccsc1)c1ccccc1C1CCC1. The summed E-state index contributed by atoms with van der Waals surface area (Å²) in [4.78, 5) is 0. The highest BCUT2D eigenvalue weighted by Crippen LogP contribution is 2.40. The monoisotopic (exact) mass is 299 g/mol. The van der Waals surface area contributed by atoms with Gasteiger partial charge in [-0.2, -0.15) is 11.3 Å². The Balaban J connectivity index is 1.84. The van der Waals surface area contributed by atoms with Crippen LogP contribution >= 0.6 is 11.3 Å². The molecule has 1 N–H and O–H groups in total. The molecule has 1 aliphatic carbocycles. The van der Waals surface area contributed by atoms with Gasteiger partial charge in [-0.1, -0.05) is 37.6 Å². The molecular formula is C19H25NS. The first kappa shape index (κ1) is 14.8. The lowest BCUT2D eigenvalue weighted by atomic mass is 9.76. The van der Waals surface area contributed by atoms with Gasteiger partial charge in [-0.3, -0.25) is 0 Å². The molecule has 1 fully saturated rings. The van der Waals surface area contributed by atoms with Crippen molar-refractivity contribution in [1.82, 2.24) is 5.32 Å². The highest BCUT2D eigenvalue weighted by molar-refractivity contribution is 7.07. The molecule has 1 aromatic carbocycles. The summed E-state index contributed by atoms with van der Waals surface area (Å²) in [6, 6.07) is 11.8. The van der Waals surface area contributed by atoms with E-state index >= 15 is 0 Å². The van der Waals surface area contributed by atoms with Crippen molar-refractivity contribution in [2.45, 2.75) is 51.0 Å². The highest BCUT2D eigenvalue weighted by Gasteiger charge is 2.24. The van der Waals surface area contributed by atoms with E-state index in [1.54, 1.807) is 16.9 Å². The van der Waals surface area contributed by atoms with Crippen molar-refractivity contribution in [3.05, 3.63) is 57.8 Å². The second-order valence-electron chi connectivity index (χ2n) is 6.10. The van der Waals surface area contributed by atoms with Gasteiger partial charge in [0, 0.05) is 6.04 Å². The normalized spacial score (nSPS) is 16.6. The molecule has 0 saturated heterocycles. The minimum absolute atomic E-state index is 0.455. The van der Waals surface area contributed by atoms with E-state index in [2.05, 4.69) is 53.3 Å². The van der Waals surface area contributed by atoms with E-state index in [4.69, 9.17) is 0 Å². The molecule has 0 bridgehead atoms. The molecule has 21 heavy (non-hydrogen) atoms. The molecule has 2 aromatic rings. The van der Waals surface area contributed by atoms with Crippen molar-refractivity contribution in [3.8, 4) is 0 Å². The minimum atomic E-state index is 0.455. The Hall–Kier alpha value is -1.12. The van der Waals surface area contributed by atoms with E-state index in [0.29, 0.717) is 6.04 Å². The Labute approximate surface area is 132 Å². The topological polar surface area (TPSA) is 12.0 Å². The minimum Gasteiger partial charge on any atom is -0.310 e. The average Bonchev–Trinajstić information content (AvgIpc) is 2.95. The van der Waals surface area contributed by atoms with Crippen LogP contribution in [0.4, 0.5) is 0 Å². The molecule has 0 radical (unpaired) electrons. The molecule has 1 aliphatic rings. The van der Waals surface area contributed by atoms with E-state index in [9.17, 15) is 0 Å². The van der Waals surface area contributed by atoms with Gasteiger partial charge >= 0.3 is 0 Å². The van der Waals surface area contributed by atoms with Gasteiger partial charge in [-0.05, 0) is 71.7 Å². The molecule has 1 atom stereocenters. The van der Waals surface area contributed by atoms with Crippen molar-refractivity contribution in [2.75, 3.05) is 6.54 Å². The van der Waals surface area contributed by atoms with Gasteiger partial charge in [0.2, 0.25) is 0 Å². The Bertz CT molecular complexity index is 542. The number of rotatable bonds is 7. The largest absolute Gasteiger partial charge is 0.310 e. The molecule has 1 aromatic heterocycles. The summed E-state index contributed by atoms with van der Waals surface area (Å²) >= 11 is 1.80.